The molecular weight excluding hydrogens is 370 g/mol. The predicted molar refractivity (Wildman–Crippen MR) is 106 cm³/mol. The van der Waals surface area contributed by atoms with E-state index in [1.54, 1.807) is 18.9 Å². The maximum Gasteiger partial charge on any atom is 0.273 e. The number of benzene rings is 1. The van der Waals surface area contributed by atoms with Gasteiger partial charge in [0, 0.05) is 13.1 Å². The van der Waals surface area contributed by atoms with Crippen LogP contribution in [0.2, 0.25) is 0 Å². The molecule has 2 heterocycles. The number of nitrogens with zero attached hydrogens (tertiary/aromatic N) is 5. The van der Waals surface area contributed by atoms with Gasteiger partial charge in [-0.3, -0.25) is 9.69 Å². The van der Waals surface area contributed by atoms with Gasteiger partial charge in [0.05, 0.1) is 17.5 Å². The molecule has 0 saturated heterocycles. The lowest BCUT2D eigenvalue weighted by molar-refractivity contribution is 0.0988. The SMILES string of the molecule is COc1ccc(C)c2sc(N(CCN(C)C)C(=O)c3snnc3C)nc12. The lowest BCUT2D eigenvalue weighted by Gasteiger charge is -2.21. The van der Waals surface area contributed by atoms with E-state index in [0.717, 1.165) is 33.9 Å². The molecule has 7 nitrogen and oxygen atoms in total. The minimum absolute atomic E-state index is 0.116. The molecule has 0 N–H and O–H groups in total. The summed E-state index contributed by atoms with van der Waals surface area (Å²) in [6.45, 7) is 5.09. The summed E-state index contributed by atoms with van der Waals surface area (Å²) in [6, 6.07) is 3.91. The highest BCUT2D eigenvalue weighted by Crippen LogP contribution is 2.37. The molecule has 0 aliphatic carbocycles. The van der Waals surface area contributed by atoms with E-state index in [-0.39, 0.29) is 5.91 Å². The third-order valence-electron chi connectivity index (χ3n) is 4.00. The van der Waals surface area contributed by atoms with Gasteiger partial charge in [-0.25, -0.2) is 4.98 Å². The lowest BCUT2D eigenvalue weighted by atomic mass is 10.2. The number of carbonyl (C=O) groups is 1. The standard InChI is InChI=1S/C17H21N5O2S2/c1-10-6-7-12(24-5)13-14(10)25-17(18-13)22(9-8-21(3)4)16(23)15-11(2)19-20-26-15/h6-7H,8-9H2,1-5H3. The van der Waals surface area contributed by atoms with Crippen LogP contribution in [0, 0.1) is 13.8 Å². The number of methoxy groups -OCH3 is 1. The van der Waals surface area contributed by atoms with E-state index in [4.69, 9.17) is 9.72 Å². The molecule has 9 heteroatoms. The van der Waals surface area contributed by atoms with Crippen molar-refractivity contribution in [2.45, 2.75) is 13.8 Å². The van der Waals surface area contributed by atoms with E-state index in [1.807, 2.05) is 38.1 Å². The summed E-state index contributed by atoms with van der Waals surface area (Å²) in [7, 11) is 5.59. The van der Waals surface area contributed by atoms with Crippen LogP contribution in [0.3, 0.4) is 0 Å². The topological polar surface area (TPSA) is 71.5 Å². The van der Waals surface area contributed by atoms with Gasteiger partial charge in [-0.2, -0.15) is 0 Å². The number of ether oxygens (including phenoxy) is 1. The van der Waals surface area contributed by atoms with Crippen LogP contribution in [0.1, 0.15) is 20.9 Å². The van der Waals surface area contributed by atoms with E-state index >= 15 is 0 Å². The van der Waals surface area contributed by atoms with Gasteiger partial charge < -0.3 is 9.64 Å². The number of amides is 1. The quantitative estimate of drug-likeness (QED) is 0.643. The summed E-state index contributed by atoms with van der Waals surface area (Å²) in [4.78, 5) is 22.2. The largest absolute Gasteiger partial charge is 0.494 e. The normalized spacial score (nSPS) is 11.3. The lowest BCUT2D eigenvalue weighted by Crippen LogP contribution is -2.36. The molecule has 26 heavy (non-hydrogen) atoms. The van der Waals surface area contributed by atoms with Crippen LogP contribution in [-0.4, -0.2) is 59.7 Å². The number of aromatic nitrogens is 3. The number of carbonyl (C=O) groups excluding carboxylic acids is 1. The van der Waals surface area contributed by atoms with E-state index < -0.39 is 0 Å². The zero-order valence-corrected chi connectivity index (χ0v) is 17.1. The van der Waals surface area contributed by atoms with E-state index in [9.17, 15) is 4.79 Å². The monoisotopic (exact) mass is 391 g/mol. The molecule has 0 unspecified atom stereocenters. The molecule has 2 aromatic heterocycles. The van der Waals surface area contributed by atoms with Crippen molar-refractivity contribution in [2.75, 3.05) is 39.2 Å². The van der Waals surface area contributed by atoms with Crippen LogP contribution in [-0.2, 0) is 0 Å². The average molecular weight is 392 g/mol. The van der Waals surface area contributed by atoms with Gasteiger partial charge in [0.15, 0.2) is 5.13 Å². The first-order valence-corrected chi connectivity index (χ1v) is 9.71. The van der Waals surface area contributed by atoms with Crippen molar-refractivity contribution in [3.8, 4) is 5.75 Å². The van der Waals surface area contributed by atoms with Crippen LogP contribution in [0.15, 0.2) is 12.1 Å². The molecule has 0 bridgehead atoms. The van der Waals surface area contributed by atoms with Gasteiger partial charge in [0.2, 0.25) is 0 Å². The Morgan fingerprint density at radius 3 is 2.62 bits per heavy atom. The summed E-state index contributed by atoms with van der Waals surface area (Å²) in [5, 5.41) is 4.63. The maximum atomic E-state index is 13.1. The Morgan fingerprint density at radius 1 is 1.23 bits per heavy atom. The van der Waals surface area contributed by atoms with Gasteiger partial charge in [-0.1, -0.05) is 21.9 Å². The molecule has 0 aliphatic rings. The minimum atomic E-state index is -0.116. The fraction of sp³-hybridized carbons (Fsp3) is 0.412. The molecule has 138 valence electrons. The number of rotatable bonds is 6. The van der Waals surface area contributed by atoms with Crippen LogP contribution >= 0.6 is 22.9 Å². The average Bonchev–Trinajstić information content (AvgIpc) is 3.22. The van der Waals surface area contributed by atoms with Crippen molar-refractivity contribution in [2.24, 2.45) is 0 Å². The van der Waals surface area contributed by atoms with E-state index in [2.05, 4.69) is 9.59 Å². The fourth-order valence-corrected chi connectivity index (χ4v) is 4.19. The number of fused-ring (bicyclic) bond motifs is 1. The second-order valence-corrected chi connectivity index (χ2v) is 7.94. The summed E-state index contributed by atoms with van der Waals surface area (Å²) in [6.07, 6.45) is 0. The molecule has 0 aliphatic heterocycles. The van der Waals surface area contributed by atoms with Crippen LogP contribution < -0.4 is 9.64 Å². The number of aryl methyl sites for hydroxylation is 2. The first-order valence-electron chi connectivity index (χ1n) is 8.12. The molecule has 0 atom stereocenters. The van der Waals surface area contributed by atoms with Crippen molar-refractivity contribution in [1.29, 1.82) is 0 Å². The number of anilines is 1. The first kappa shape index (κ1) is 18.7. The third-order valence-corrected chi connectivity index (χ3v) is 6.03. The highest BCUT2D eigenvalue weighted by atomic mass is 32.1. The van der Waals surface area contributed by atoms with Crippen molar-refractivity contribution in [1.82, 2.24) is 19.5 Å². The van der Waals surface area contributed by atoms with Crippen molar-refractivity contribution in [3.63, 3.8) is 0 Å². The van der Waals surface area contributed by atoms with Crippen molar-refractivity contribution >= 4 is 44.1 Å². The van der Waals surface area contributed by atoms with Crippen LogP contribution in [0.5, 0.6) is 5.75 Å². The molecule has 1 amide bonds. The first-order chi connectivity index (χ1) is 12.4. The number of hydrogen-bond acceptors (Lipinski definition) is 8. The fourth-order valence-electron chi connectivity index (χ4n) is 2.51. The Hall–Kier alpha value is -2.10. The summed E-state index contributed by atoms with van der Waals surface area (Å²) in [5.74, 6) is 0.596. The van der Waals surface area contributed by atoms with Gasteiger partial charge in [-0.15, -0.1) is 5.10 Å². The zero-order chi connectivity index (χ0) is 18.8. The molecule has 3 aromatic rings. The molecule has 0 radical (unpaired) electrons. The van der Waals surface area contributed by atoms with Gasteiger partial charge >= 0.3 is 0 Å². The Kier molecular flexibility index (Phi) is 5.49. The maximum absolute atomic E-state index is 13.1. The smallest absolute Gasteiger partial charge is 0.273 e. The number of thiazole rings is 1. The summed E-state index contributed by atoms with van der Waals surface area (Å²) >= 11 is 2.62. The van der Waals surface area contributed by atoms with Crippen molar-refractivity contribution in [3.05, 3.63) is 28.3 Å². The second kappa shape index (κ2) is 7.65. The molecule has 0 saturated carbocycles. The van der Waals surface area contributed by atoms with Crippen LogP contribution in [0.25, 0.3) is 10.2 Å². The Bertz CT molecular complexity index is 935. The molecular formula is C17H21N5O2S2. The highest BCUT2D eigenvalue weighted by molar-refractivity contribution is 7.22. The van der Waals surface area contributed by atoms with E-state index in [1.165, 1.54) is 11.3 Å². The predicted octanol–water partition coefficient (Wildman–Crippen LogP) is 2.98. The Labute approximate surface area is 160 Å². The molecule has 0 fully saturated rings. The second-order valence-electron chi connectivity index (χ2n) is 6.21. The summed E-state index contributed by atoms with van der Waals surface area (Å²) < 4.78 is 10.4. The third kappa shape index (κ3) is 3.55. The molecule has 3 rings (SSSR count). The van der Waals surface area contributed by atoms with Gasteiger partial charge in [-0.05, 0) is 51.1 Å². The minimum Gasteiger partial charge on any atom is -0.494 e. The number of hydrogen-bond donors (Lipinski definition) is 0. The molecule has 1 aromatic carbocycles. The Balaban J connectivity index is 2.07. The molecule has 0 spiro atoms. The zero-order valence-electron chi connectivity index (χ0n) is 15.4. The van der Waals surface area contributed by atoms with E-state index in [0.29, 0.717) is 28.0 Å². The number of likely N-dealkylation sites (N-methyl/N-ethyl adjacent to an activating group) is 1. The Morgan fingerprint density at radius 2 is 2.00 bits per heavy atom. The summed E-state index contributed by atoms with van der Waals surface area (Å²) in [5.41, 5.74) is 2.54. The van der Waals surface area contributed by atoms with Crippen LogP contribution in [0.4, 0.5) is 5.13 Å². The highest BCUT2D eigenvalue weighted by Gasteiger charge is 2.25. The van der Waals surface area contributed by atoms with Gasteiger partial charge in [0.25, 0.3) is 5.91 Å². The van der Waals surface area contributed by atoms with Gasteiger partial charge in [0.1, 0.15) is 16.1 Å². The van der Waals surface area contributed by atoms with Crippen molar-refractivity contribution < 1.29 is 9.53 Å².